The normalized spacial score (nSPS) is 21.7. The van der Waals surface area contributed by atoms with Gasteiger partial charge in [0.25, 0.3) is 0 Å². The highest BCUT2D eigenvalue weighted by Gasteiger charge is 2.31. The van der Waals surface area contributed by atoms with Crippen LogP contribution in [0.1, 0.15) is 26.3 Å². The number of halogens is 3. The summed E-state index contributed by atoms with van der Waals surface area (Å²) in [6.45, 7) is 9.35. The summed E-state index contributed by atoms with van der Waals surface area (Å²) in [5, 5.41) is 6.76. The van der Waals surface area contributed by atoms with Gasteiger partial charge in [0.1, 0.15) is 5.82 Å². The van der Waals surface area contributed by atoms with Gasteiger partial charge < -0.3 is 10.6 Å². The van der Waals surface area contributed by atoms with E-state index in [0.29, 0.717) is 24.5 Å². The summed E-state index contributed by atoms with van der Waals surface area (Å²) in [5.41, 5.74) is 0.872. The lowest BCUT2D eigenvalue weighted by Crippen LogP contribution is -2.46. The van der Waals surface area contributed by atoms with Gasteiger partial charge in [0.05, 0.1) is 0 Å². The van der Waals surface area contributed by atoms with Crippen molar-refractivity contribution in [2.24, 2.45) is 10.9 Å². The van der Waals surface area contributed by atoms with Gasteiger partial charge in [-0.25, -0.2) is 4.39 Å². The molecule has 0 saturated carbocycles. The van der Waals surface area contributed by atoms with Crippen LogP contribution in [-0.4, -0.2) is 43.1 Å². The van der Waals surface area contributed by atoms with E-state index < -0.39 is 0 Å². The quantitative estimate of drug-likeness (QED) is 0.368. The Morgan fingerprint density at radius 2 is 2.12 bits per heavy atom. The van der Waals surface area contributed by atoms with Crippen molar-refractivity contribution in [3.63, 3.8) is 0 Å². The molecule has 1 saturated heterocycles. The van der Waals surface area contributed by atoms with Crippen molar-refractivity contribution in [1.29, 1.82) is 0 Å². The van der Waals surface area contributed by atoms with Crippen molar-refractivity contribution in [3.05, 3.63) is 34.1 Å². The van der Waals surface area contributed by atoms with Gasteiger partial charge >= 0.3 is 0 Å². The van der Waals surface area contributed by atoms with E-state index >= 15 is 0 Å². The van der Waals surface area contributed by atoms with Gasteiger partial charge in [0.2, 0.25) is 0 Å². The largest absolute Gasteiger partial charge is 0.352 e. The Morgan fingerprint density at radius 3 is 2.71 bits per heavy atom. The van der Waals surface area contributed by atoms with Crippen LogP contribution >= 0.6 is 39.9 Å². The minimum absolute atomic E-state index is 0. The second-order valence-electron chi connectivity index (χ2n) is 6.44. The number of aliphatic imine (C=N–C) groups is 1. The maximum atomic E-state index is 13.4. The van der Waals surface area contributed by atoms with Gasteiger partial charge in [0.15, 0.2) is 5.96 Å². The van der Waals surface area contributed by atoms with Crippen molar-refractivity contribution in [2.45, 2.75) is 39.4 Å². The number of rotatable bonds is 4. The Morgan fingerprint density at radius 1 is 1.42 bits per heavy atom. The lowest BCUT2D eigenvalue weighted by molar-refractivity contribution is 0.265. The van der Waals surface area contributed by atoms with Gasteiger partial charge in [-0.05, 0) is 43.5 Å². The van der Waals surface area contributed by atoms with Gasteiger partial charge in [0, 0.05) is 43.2 Å². The molecule has 1 heterocycles. The Kier molecular flexibility index (Phi) is 8.94. The van der Waals surface area contributed by atoms with Crippen LogP contribution in [0.25, 0.3) is 0 Å². The maximum absolute atomic E-state index is 13.4. The summed E-state index contributed by atoms with van der Waals surface area (Å²) < 4.78 is 14.2. The fourth-order valence-electron chi connectivity index (χ4n) is 2.84. The van der Waals surface area contributed by atoms with E-state index in [1.165, 1.54) is 12.1 Å². The zero-order valence-corrected chi connectivity index (χ0v) is 18.6. The predicted molar refractivity (Wildman–Crippen MR) is 113 cm³/mol. The van der Waals surface area contributed by atoms with Gasteiger partial charge in [-0.15, -0.1) is 24.0 Å². The molecule has 0 radical (unpaired) electrons. The lowest BCUT2D eigenvalue weighted by Gasteiger charge is -2.22. The molecule has 0 aromatic heterocycles. The number of benzene rings is 1. The average molecular weight is 513 g/mol. The van der Waals surface area contributed by atoms with Crippen LogP contribution < -0.4 is 10.6 Å². The monoisotopic (exact) mass is 512 g/mol. The molecule has 7 heteroatoms. The van der Waals surface area contributed by atoms with Gasteiger partial charge in [-0.2, -0.15) is 0 Å². The van der Waals surface area contributed by atoms with Crippen LogP contribution in [0.4, 0.5) is 4.39 Å². The molecule has 2 rings (SSSR count). The molecule has 1 aromatic carbocycles. The Bertz CT molecular complexity index is 568. The number of likely N-dealkylation sites (tertiary alicyclic amines) is 1. The van der Waals surface area contributed by atoms with E-state index in [9.17, 15) is 4.39 Å². The fourth-order valence-corrected chi connectivity index (χ4v) is 3.23. The zero-order chi connectivity index (χ0) is 17.0. The third kappa shape index (κ3) is 5.84. The highest BCUT2D eigenvalue weighted by atomic mass is 127. The summed E-state index contributed by atoms with van der Waals surface area (Å²) in [6.07, 6.45) is 0. The van der Waals surface area contributed by atoms with Crippen LogP contribution in [0, 0.1) is 11.7 Å². The summed E-state index contributed by atoms with van der Waals surface area (Å²) >= 11 is 3.45. The molecule has 1 aliphatic rings. The molecular weight excluding hydrogens is 486 g/mol. The molecule has 0 bridgehead atoms. The first kappa shape index (κ1) is 21.6. The van der Waals surface area contributed by atoms with Crippen molar-refractivity contribution in [1.82, 2.24) is 15.5 Å². The predicted octanol–water partition coefficient (Wildman–Crippen LogP) is 3.60. The van der Waals surface area contributed by atoms with Crippen molar-refractivity contribution < 1.29 is 4.39 Å². The maximum Gasteiger partial charge on any atom is 0.191 e. The first-order valence-electron chi connectivity index (χ1n) is 8.06. The highest BCUT2D eigenvalue weighted by Crippen LogP contribution is 2.19. The highest BCUT2D eigenvalue weighted by molar-refractivity contribution is 14.0. The van der Waals surface area contributed by atoms with E-state index in [1.54, 1.807) is 13.1 Å². The topological polar surface area (TPSA) is 39.7 Å². The molecule has 136 valence electrons. The van der Waals surface area contributed by atoms with Crippen LogP contribution in [0.5, 0.6) is 0 Å². The average Bonchev–Trinajstić information content (AvgIpc) is 2.88. The van der Waals surface area contributed by atoms with Crippen LogP contribution in [-0.2, 0) is 6.54 Å². The second-order valence-corrected chi connectivity index (χ2v) is 7.29. The number of hydrogen-bond donors (Lipinski definition) is 2. The zero-order valence-electron chi connectivity index (χ0n) is 14.6. The van der Waals surface area contributed by atoms with Crippen molar-refractivity contribution in [2.75, 3.05) is 20.1 Å². The van der Waals surface area contributed by atoms with Crippen molar-refractivity contribution >= 4 is 45.9 Å². The molecule has 1 aliphatic heterocycles. The molecule has 2 unspecified atom stereocenters. The van der Waals surface area contributed by atoms with E-state index in [0.717, 1.165) is 29.1 Å². The first-order valence-corrected chi connectivity index (χ1v) is 8.85. The molecule has 0 amide bonds. The summed E-state index contributed by atoms with van der Waals surface area (Å²) in [5.74, 6) is 1.09. The first-order chi connectivity index (χ1) is 10.9. The SMILES string of the molecule is CN=C(NCc1cc(F)ccc1Br)NC1CN(C(C)C)CC1C.I. The standard InChI is InChI=1S/C17H26BrFN4.HI/c1-11(2)23-9-12(3)16(10-23)22-17(20-4)21-8-13-7-14(19)5-6-15(13)18;/h5-7,11-12,16H,8-10H2,1-4H3,(H2,20,21,22);1H. The molecule has 2 atom stereocenters. The minimum Gasteiger partial charge on any atom is -0.352 e. The molecule has 1 fully saturated rings. The molecule has 2 N–H and O–H groups in total. The molecular formula is C17H27BrFIN4. The number of hydrogen-bond acceptors (Lipinski definition) is 2. The molecule has 1 aromatic rings. The van der Waals surface area contributed by atoms with E-state index in [4.69, 9.17) is 0 Å². The van der Waals surface area contributed by atoms with E-state index in [-0.39, 0.29) is 29.8 Å². The van der Waals surface area contributed by atoms with Crippen LogP contribution in [0.2, 0.25) is 0 Å². The summed E-state index contributed by atoms with van der Waals surface area (Å²) in [4.78, 5) is 6.76. The number of nitrogens with one attached hydrogen (secondary N) is 2. The molecule has 24 heavy (non-hydrogen) atoms. The number of guanidine groups is 1. The fraction of sp³-hybridized carbons (Fsp3) is 0.588. The molecule has 0 spiro atoms. The third-order valence-corrected chi connectivity index (χ3v) is 5.14. The Labute approximate surface area is 169 Å². The molecule has 0 aliphatic carbocycles. The van der Waals surface area contributed by atoms with Crippen LogP contribution in [0.3, 0.4) is 0 Å². The van der Waals surface area contributed by atoms with Crippen LogP contribution in [0.15, 0.2) is 27.7 Å². The molecule has 4 nitrogen and oxygen atoms in total. The van der Waals surface area contributed by atoms with E-state index in [2.05, 4.69) is 57.2 Å². The Balaban J connectivity index is 0.00000288. The third-order valence-electron chi connectivity index (χ3n) is 4.37. The minimum atomic E-state index is -0.232. The summed E-state index contributed by atoms with van der Waals surface area (Å²) in [6, 6.07) is 5.63. The number of nitrogens with zero attached hydrogens (tertiary/aromatic N) is 2. The Hall–Kier alpha value is -0.410. The second kappa shape index (κ2) is 9.91. The van der Waals surface area contributed by atoms with Gasteiger partial charge in [-0.3, -0.25) is 9.89 Å². The lowest BCUT2D eigenvalue weighted by atomic mass is 10.1. The summed E-state index contributed by atoms with van der Waals surface area (Å²) in [7, 11) is 1.76. The van der Waals surface area contributed by atoms with Crippen molar-refractivity contribution in [3.8, 4) is 0 Å². The van der Waals surface area contributed by atoms with Gasteiger partial charge in [-0.1, -0.05) is 22.9 Å². The van der Waals surface area contributed by atoms with E-state index in [1.807, 2.05) is 0 Å². The smallest absolute Gasteiger partial charge is 0.191 e.